The number of nitrogens with one attached hydrogen (secondary N) is 1. The van der Waals surface area contributed by atoms with Gasteiger partial charge in [0.1, 0.15) is 0 Å². The molecule has 0 unspecified atom stereocenters. The summed E-state index contributed by atoms with van der Waals surface area (Å²) in [4.78, 5) is 16.5. The Balaban J connectivity index is 1.50. The smallest absolute Gasteiger partial charge is 0.257 e. The molecule has 7 heteroatoms. The van der Waals surface area contributed by atoms with Crippen LogP contribution >= 0.6 is 0 Å². The highest BCUT2D eigenvalue weighted by atomic mass is 16.5. The zero-order valence-electron chi connectivity index (χ0n) is 15.7. The first-order valence-corrected chi connectivity index (χ1v) is 8.65. The second kappa shape index (κ2) is 8.44. The molecule has 7 nitrogen and oxygen atoms in total. The number of aryl methyl sites for hydroxylation is 1. The summed E-state index contributed by atoms with van der Waals surface area (Å²) in [7, 11) is 3.20. The van der Waals surface area contributed by atoms with Gasteiger partial charge in [-0.25, -0.2) is 4.98 Å². The Morgan fingerprint density at radius 1 is 1.15 bits per heavy atom. The van der Waals surface area contributed by atoms with Gasteiger partial charge in [-0.2, -0.15) is 0 Å². The molecule has 3 rings (SSSR count). The summed E-state index contributed by atoms with van der Waals surface area (Å²) in [6.45, 7) is 2.36. The highest BCUT2D eigenvalue weighted by Crippen LogP contribution is 2.27. The van der Waals surface area contributed by atoms with Crippen LogP contribution in [0.4, 0.5) is 0 Å². The maximum absolute atomic E-state index is 12.1. The van der Waals surface area contributed by atoms with Crippen LogP contribution in [0.1, 0.15) is 11.3 Å². The normalized spacial score (nSPS) is 10.6. The van der Waals surface area contributed by atoms with E-state index in [1.165, 1.54) is 0 Å². The van der Waals surface area contributed by atoms with E-state index in [4.69, 9.17) is 14.2 Å². The van der Waals surface area contributed by atoms with Gasteiger partial charge < -0.3 is 23.9 Å². The summed E-state index contributed by atoms with van der Waals surface area (Å²) in [5.74, 6) is 1.76. The molecule has 0 aliphatic rings. The lowest BCUT2D eigenvalue weighted by Crippen LogP contribution is -2.30. The van der Waals surface area contributed by atoms with Crippen molar-refractivity contribution in [1.29, 1.82) is 0 Å². The fourth-order valence-electron chi connectivity index (χ4n) is 2.80. The van der Waals surface area contributed by atoms with E-state index in [1.54, 1.807) is 20.3 Å². The Kier molecular flexibility index (Phi) is 5.80. The van der Waals surface area contributed by atoms with Crippen molar-refractivity contribution in [1.82, 2.24) is 14.7 Å². The van der Waals surface area contributed by atoms with Crippen molar-refractivity contribution in [3.63, 3.8) is 0 Å². The summed E-state index contributed by atoms with van der Waals surface area (Å²) in [5.41, 5.74) is 2.64. The lowest BCUT2D eigenvalue weighted by atomic mass is 10.1. The first kappa shape index (κ1) is 18.6. The van der Waals surface area contributed by atoms with Crippen molar-refractivity contribution in [2.75, 3.05) is 27.4 Å². The Morgan fingerprint density at radius 3 is 2.74 bits per heavy atom. The van der Waals surface area contributed by atoms with Crippen LogP contribution in [0.2, 0.25) is 0 Å². The van der Waals surface area contributed by atoms with Crippen molar-refractivity contribution < 1.29 is 19.0 Å². The van der Waals surface area contributed by atoms with E-state index >= 15 is 0 Å². The number of hydrogen-bond donors (Lipinski definition) is 1. The van der Waals surface area contributed by atoms with Crippen molar-refractivity contribution in [3.05, 3.63) is 54.0 Å². The summed E-state index contributed by atoms with van der Waals surface area (Å²) in [6.07, 6.45) is 4.48. The number of carbonyl (C=O) groups is 1. The zero-order chi connectivity index (χ0) is 19.2. The number of carbonyl (C=O) groups excluding carboxylic acids is 1. The van der Waals surface area contributed by atoms with Crippen LogP contribution in [-0.4, -0.2) is 42.7 Å². The number of hydrogen-bond acceptors (Lipinski definition) is 5. The van der Waals surface area contributed by atoms with Crippen molar-refractivity contribution in [2.24, 2.45) is 0 Å². The molecular formula is C20H23N3O4. The third-order valence-corrected chi connectivity index (χ3v) is 4.11. The number of aromatic nitrogens is 2. The Hall–Kier alpha value is -3.22. The van der Waals surface area contributed by atoms with Crippen LogP contribution in [-0.2, 0) is 11.2 Å². The third kappa shape index (κ3) is 4.49. The molecule has 0 saturated heterocycles. The predicted octanol–water partition coefficient (Wildman–Crippen LogP) is 2.40. The SMILES string of the molecule is COc1ccc(CCNC(=O)COc2cccn3cc(C)nc23)cc1OC. The molecule has 0 spiro atoms. The van der Waals surface area contributed by atoms with Crippen molar-refractivity contribution >= 4 is 11.6 Å². The number of nitrogens with zero attached hydrogens (tertiary/aromatic N) is 2. The average molecular weight is 369 g/mol. The standard InChI is InChI=1S/C20H23N3O4/c1-14-12-23-10-4-5-17(20(23)22-14)27-13-19(24)21-9-8-15-6-7-16(25-2)18(11-15)26-3/h4-7,10-12H,8-9,13H2,1-3H3,(H,21,24). The van der Waals surface area contributed by atoms with Gasteiger partial charge in [0.2, 0.25) is 0 Å². The second-order valence-electron chi connectivity index (χ2n) is 6.06. The number of fused-ring (bicyclic) bond motifs is 1. The van der Waals surface area contributed by atoms with Gasteiger partial charge in [0.25, 0.3) is 5.91 Å². The Morgan fingerprint density at radius 2 is 1.96 bits per heavy atom. The quantitative estimate of drug-likeness (QED) is 0.660. The first-order valence-electron chi connectivity index (χ1n) is 8.65. The number of ether oxygens (including phenoxy) is 3. The molecule has 0 atom stereocenters. The summed E-state index contributed by atoms with van der Waals surface area (Å²) in [6, 6.07) is 9.37. The maximum atomic E-state index is 12.1. The number of rotatable bonds is 8. The summed E-state index contributed by atoms with van der Waals surface area (Å²) in [5, 5.41) is 2.86. The molecule has 0 saturated carbocycles. The van der Waals surface area contributed by atoms with Gasteiger partial charge >= 0.3 is 0 Å². The lowest BCUT2D eigenvalue weighted by molar-refractivity contribution is -0.123. The van der Waals surface area contributed by atoms with E-state index in [-0.39, 0.29) is 12.5 Å². The van der Waals surface area contributed by atoms with E-state index < -0.39 is 0 Å². The molecule has 27 heavy (non-hydrogen) atoms. The average Bonchev–Trinajstić information content (AvgIpc) is 3.06. The molecular weight excluding hydrogens is 346 g/mol. The van der Waals surface area contributed by atoms with E-state index in [0.29, 0.717) is 35.9 Å². The molecule has 0 bridgehead atoms. The number of imidazole rings is 1. The van der Waals surface area contributed by atoms with Crippen LogP contribution < -0.4 is 19.5 Å². The number of pyridine rings is 1. The molecule has 1 amide bonds. The largest absolute Gasteiger partial charge is 0.493 e. The van der Waals surface area contributed by atoms with Crippen LogP contribution in [0.15, 0.2) is 42.7 Å². The highest BCUT2D eigenvalue weighted by Gasteiger charge is 2.09. The van der Waals surface area contributed by atoms with E-state index in [0.717, 1.165) is 11.3 Å². The molecule has 3 aromatic rings. The molecule has 0 aliphatic heterocycles. The minimum absolute atomic E-state index is 0.0580. The lowest BCUT2D eigenvalue weighted by Gasteiger charge is -2.10. The summed E-state index contributed by atoms with van der Waals surface area (Å²) < 4.78 is 18.0. The molecule has 0 aliphatic carbocycles. The van der Waals surface area contributed by atoms with Crippen LogP contribution in [0.5, 0.6) is 17.2 Å². The van der Waals surface area contributed by atoms with E-state index in [1.807, 2.05) is 48.0 Å². The second-order valence-corrected chi connectivity index (χ2v) is 6.06. The van der Waals surface area contributed by atoms with Gasteiger partial charge in [0.15, 0.2) is 29.5 Å². The third-order valence-electron chi connectivity index (χ3n) is 4.11. The van der Waals surface area contributed by atoms with E-state index in [2.05, 4.69) is 10.3 Å². The fraction of sp³-hybridized carbons (Fsp3) is 0.300. The maximum Gasteiger partial charge on any atom is 0.257 e. The molecule has 142 valence electrons. The van der Waals surface area contributed by atoms with Crippen LogP contribution in [0.25, 0.3) is 5.65 Å². The Bertz CT molecular complexity index is 936. The number of amides is 1. The first-order chi connectivity index (χ1) is 13.1. The molecule has 0 fully saturated rings. The van der Waals surface area contributed by atoms with Gasteiger partial charge in [-0.1, -0.05) is 6.07 Å². The topological polar surface area (TPSA) is 74.1 Å². The van der Waals surface area contributed by atoms with Gasteiger partial charge in [-0.05, 0) is 43.2 Å². The minimum Gasteiger partial charge on any atom is -0.493 e. The molecule has 1 N–H and O–H groups in total. The van der Waals surface area contributed by atoms with Crippen LogP contribution in [0.3, 0.4) is 0 Å². The zero-order valence-corrected chi connectivity index (χ0v) is 15.7. The van der Waals surface area contributed by atoms with Crippen molar-refractivity contribution in [2.45, 2.75) is 13.3 Å². The molecule has 2 heterocycles. The highest BCUT2D eigenvalue weighted by molar-refractivity contribution is 5.77. The monoisotopic (exact) mass is 369 g/mol. The molecule has 0 radical (unpaired) electrons. The number of methoxy groups -OCH3 is 2. The van der Waals surface area contributed by atoms with E-state index in [9.17, 15) is 4.79 Å². The Labute approximate surface area is 157 Å². The van der Waals surface area contributed by atoms with Gasteiger partial charge in [-0.3, -0.25) is 4.79 Å². The number of benzene rings is 1. The van der Waals surface area contributed by atoms with Gasteiger partial charge in [-0.15, -0.1) is 0 Å². The molecule has 2 aromatic heterocycles. The molecule has 1 aromatic carbocycles. The fourth-order valence-corrected chi connectivity index (χ4v) is 2.80. The van der Waals surface area contributed by atoms with Crippen molar-refractivity contribution in [3.8, 4) is 17.2 Å². The summed E-state index contributed by atoms with van der Waals surface area (Å²) >= 11 is 0. The van der Waals surface area contributed by atoms with Gasteiger partial charge in [0.05, 0.1) is 19.9 Å². The minimum atomic E-state index is -0.180. The van der Waals surface area contributed by atoms with Crippen LogP contribution in [0, 0.1) is 6.92 Å². The predicted molar refractivity (Wildman–Crippen MR) is 102 cm³/mol. The van der Waals surface area contributed by atoms with Gasteiger partial charge in [0, 0.05) is 18.9 Å².